The van der Waals surface area contributed by atoms with Crippen LogP contribution in [0.2, 0.25) is 0 Å². The van der Waals surface area contributed by atoms with E-state index in [-0.39, 0.29) is 17.9 Å². The van der Waals surface area contributed by atoms with Gasteiger partial charge in [-0.15, -0.1) is 11.3 Å². The molecule has 3 heterocycles. The van der Waals surface area contributed by atoms with Crippen molar-refractivity contribution in [2.24, 2.45) is 5.41 Å². The molecule has 1 aromatic heterocycles. The number of aliphatic hydroxyl groups excluding tert-OH is 2. The summed E-state index contributed by atoms with van der Waals surface area (Å²) in [5.74, 6) is 0.221. The van der Waals surface area contributed by atoms with Crippen molar-refractivity contribution in [3.63, 3.8) is 0 Å². The summed E-state index contributed by atoms with van der Waals surface area (Å²) in [6.45, 7) is 3.25. The molecule has 3 rings (SSSR count). The zero-order valence-corrected chi connectivity index (χ0v) is 12.8. The predicted molar refractivity (Wildman–Crippen MR) is 78.7 cm³/mol. The number of carbonyl (C=O) groups excluding carboxylic acids is 1. The smallest absolute Gasteiger partial charge is 0.232 e. The maximum absolute atomic E-state index is 12.5. The van der Waals surface area contributed by atoms with Crippen LogP contribution in [0.1, 0.15) is 17.7 Å². The van der Waals surface area contributed by atoms with Crippen LogP contribution in [0.3, 0.4) is 0 Å². The molecule has 0 unspecified atom stereocenters. The van der Waals surface area contributed by atoms with Crippen molar-refractivity contribution in [1.29, 1.82) is 0 Å². The Hall–Kier alpha value is -1.02. The van der Waals surface area contributed by atoms with Gasteiger partial charge < -0.3 is 15.1 Å². The van der Waals surface area contributed by atoms with Crippen molar-refractivity contribution < 1.29 is 15.0 Å². The maximum Gasteiger partial charge on any atom is 0.232 e. The predicted octanol–water partition coefficient (Wildman–Crippen LogP) is -0.0793. The first-order chi connectivity index (χ1) is 10.1. The Morgan fingerprint density at radius 3 is 3.00 bits per heavy atom. The summed E-state index contributed by atoms with van der Waals surface area (Å²) in [4.78, 5) is 21.7. The van der Waals surface area contributed by atoms with E-state index in [0.717, 1.165) is 30.8 Å². The number of rotatable bonds is 5. The number of carbonyl (C=O) groups is 1. The number of aromatic nitrogens is 1. The number of likely N-dealkylation sites (tertiary alicyclic amines) is 2. The molecule has 0 aromatic carbocycles. The van der Waals surface area contributed by atoms with Crippen molar-refractivity contribution in [1.82, 2.24) is 14.8 Å². The van der Waals surface area contributed by atoms with E-state index in [2.05, 4.69) is 9.88 Å². The van der Waals surface area contributed by atoms with Crippen molar-refractivity contribution in [3.8, 4) is 0 Å². The number of hydrogen-bond donors (Lipinski definition) is 2. The van der Waals surface area contributed by atoms with E-state index in [1.807, 2.05) is 11.1 Å². The number of thiazole rings is 1. The lowest BCUT2D eigenvalue weighted by Gasteiger charge is -2.53. The number of β-lactam (4-membered cyclic amide) rings is 1. The number of β-amino-alcohol motifs (C(OH)–C–C–N with tert-alkyl or cyclic N) is 1. The van der Waals surface area contributed by atoms with Crippen LogP contribution in [0.4, 0.5) is 0 Å². The van der Waals surface area contributed by atoms with Gasteiger partial charge in [0, 0.05) is 30.7 Å². The first-order valence-electron chi connectivity index (χ1n) is 7.31. The Labute approximate surface area is 128 Å². The maximum atomic E-state index is 12.5. The van der Waals surface area contributed by atoms with Gasteiger partial charge in [0.1, 0.15) is 0 Å². The summed E-state index contributed by atoms with van der Waals surface area (Å²) >= 11 is 1.57. The van der Waals surface area contributed by atoms with Gasteiger partial charge in [0.15, 0.2) is 0 Å². The summed E-state index contributed by atoms with van der Waals surface area (Å²) in [6, 6.07) is 0. The van der Waals surface area contributed by atoms with Crippen LogP contribution in [-0.4, -0.2) is 69.8 Å². The number of hydrogen-bond acceptors (Lipinski definition) is 6. The van der Waals surface area contributed by atoms with Gasteiger partial charge >= 0.3 is 0 Å². The third kappa shape index (κ3) is 2.96. The molecular formula is C14H21N3O3S. The zero-order valence-electron chi connectivity index (χ0n) is 11.9. The molecule has 0 aliphatic carbocycles. The molecule has 2 aliphatic heterocycles. The van der Waals surface area contributed by atoms with Crippen molar-refractivity contribution >= 4 is 17.2 Å². The summed E-state index contributed by atoms with van der Waals surface area (Å²) < 4.78 is 0. The number of aliphatic hydroxyl groups is 2. The molecule has 7 heteroatoms. The molecule has 6 nitrogen and oxygen atoms in total. The Morgan fingerprint density at radius 1 is 1.48 bits per heavy atom. The highest BCUT2D eigenvalue weighted by Crippen LogP contribution is 2.41. The van der Waals surface area contributed by atoms with E-state index in [4.69, 9.17) is 5.11 Å². The van der Waals surface area contributed by atoms with Gasteiger partial charge in [0.25, 0.3) is 0 Å². The SMILES string of the molecule is O=C1N(Cc2cncs2)C[C@]12CCCN(C[C@H](O)CO)C2. The van der Waals surface area contributed by atoms with Crippen LogP contribution in [0.15, 0.2) is 11.7 Å². The van der Waals surface area contributed by atoms with Crippen LogP contribution in [0.5, 0.6) is 0 Å². The Bertz CT molecular complexity index is 496. The molecule has 0 saturated carbocycles. The van der Waals surface area contributed by atoms with Gasteiger partial charge in [0.2, 0.25) is 5.91 Å². The fourth-order valence-corrected chi connectivity index (χ4v) is 4.04. The fraction of sp³-hybridized carbons (Fsp3) is 0.714. The van der Waals surface area contributed by atoms with E-state index in [0.29, 0.717) is 19.6 Å². The van der Waals surface area contributed by atoms with Crippen LogP contribution in [0, 0.1) is 5.41 Å². The van der Waals surface area contributed by atoms with Crippen molar-refractivity contribution in [2.75, 3.05) is 32.8 Å². The largest absolute Gasteiger partial charge is 0.394 e. The number of amides is 1. The second-order valence-corrected chi connectivity index (χ2v) is 7.06. The topological polar surface area (TPSA) is 76.9 Å². The first kappa shape index (κ1) is 14.9. The highest BCUT2D eigenvalue weighted by molar-refractivity contribution is 7.09. The zero-order chi connectivity index (χ0) is 14.9. The van der Waals surface area contributed by atoms with Crippen LogP contribution < -0.4 is 0 Å². The average molecular weight is 311 g/mol. The fourth-order valence-electron chi connectivity index (χ4n) is 3.43. The summed E-state index contributed by atoms with van der Waals surface area (Å²) in [7, 11) is 0. The first-order valence-corrected chi connectivity index (χ1v) is 8.19. The molecular weight excluding hydrogens is 290 g/mol. The highest BCUT2D eigenvalue weighted by Gasteiger charge is 2.53. The van der Waals surface area contributed by atoms with Crippen molar-refractivity contribution in [3.05, 3.63) is 16.6 Å². The Balaban J connectivity index is 1.57. The van der Waals surface area contributed by atoms with Gasteiger partial charge in [0.05, 0.1) is 30.2 Å². The van der Waals surface area contributed by atoms with E-state index < -0.39 is 6.10 Å². The third-order valence-electron chi connectivity index (χ3n) is 4.40. The molecule has 2 N–H and O–H groups in total. The number of nitrogens with zero attached hydrogens (tertiary/aromatic N) is 3. The van der Waals surface area contributed by atoms with E-state index >= 15 is 0 Å². The number of piperidine rings is 1. The standard InChI is InChI=1S/C14H21N3O3S/c18-7-11(19)5-16-3-1-2-14(8-16)9-17(13(14)20)6-12-4-15-10-21-12/h4,10-11,18-19H,1-3,5-9H2/t11-,14+/m0/s1. The van der Waals surface area contributed by atoms with Gasteiger partial charge in [-0.2, -0.15) is 0 Å². The average Bonchev–Trinajstić information content (AvgIpc) is 3.00. The van der Waals surface area contributed by atoms with Gasteiger partial charge in [-0.25, -0.2) is 0 Å². The van der Waals surface area contributed by atoms with E-state index in [1.54, 1.807) is 16.8 Å². The van der Waals surface area contributed by atoms with Crippen LogP contribution >= 0.6 is 11.3 Å². The molecule has 0 radical (unpaired) electrons. The molecule has 1 amide bonds. The Kier molecular flexibility index (Phi) is 4.26. The second kappa shape index (κ2) is 6.00. The minimum absolute atomic E-state index is 0.221. The Morgan fingerprint density at radius 2 is 2.33 bits per heavy atom. The quantitative estimate of drug-likeness (QED) is 0.744. The van der Waals surface area contributed by atoms with Gasteiger partial charge in [-0.05, 0) is 19.4 Å². The lowest BCUT2D eigenvalue weighted by atomic mass is 9.72. The van der Waals surface area contributed by atoms with Crippen LogP contribution in [-0.2, 0) is 11.3 Å². The minimum atomic E-state index is -0.719. The second-order valence-electron chi connectivity index (χ2n) is 6.08. The lowest BCUT2D eigenvalue weighted by molar-refractivity contribution is -0.168. The molecule has 1 aromatic rings. The summed E-state index contributed by atoms with van der Waals surface area (Å²) in [6.07, 6.45) is 2.99. The normalized spacial score (nSPS) is 27.9. The molecule has 2 atom stereocenters. The van der Waals surface area contributed by atoms with E-state index in [9.17, 15) is 9.90 Å². The monoisotopic (exact) mass is 311 g/mol. The van der Waals surface area contributed by atoms with Gasteiger partial charge in [-0.1, -0.05) is 0 Å². The molecule has 2 saturated heterocycles. The molecule has 21 heavy (non-hydrogen) atoms. The molecule has 2 fully saturated rings. The molecule has 0 bridgehead atoms. The highest BCUT2D eigenvalue weighted by atomic mass is 32.1. The van der Waals surface area contributed by atoms with Crippen molar-refractivity contribution in [2.45, 2.75) is 25.5 Å². The molecule has 116 valence electrons. The minimum Gasteiger partial charge on any atom is -0.394 e. The molecule has 2 aliphatic rings. The lowest BCUT2D eigenvalue weighted by Crippen LogP contribution is -2.66. The summed E-state index contributed by atoms with van der Waals surface area (Å²) in [5.41, 5.74) is 1.52. The van der Waals surface area contributed by atoms with Crippen LogP contribution in [0.25, 0.3) is 0 Å². The molecule has 1 spiro atoms. The van der Waals surface area contributed by atoms with E-state index in [1.165, 1.54) is 0 Å². The van der Waals surface area contributed by atoms with Gasteiger partial charge in [-0.3, -0.25) is 14.7 Å². The third-order valence-corrected chi connectivity index (χ3v) is 5.16. The summed E-state index contributed by atoms with van der Waals surface area (Å²) in [5, 5.41) is 18.5.